The van der Waals surface area contributed by atoms with Crippen LogP contribution in [0.3, 0.4) is 0 Å². The van der Waals surface area contributed by atoms with Gasteiger partial charge in [0.15, 0.2) is 0 Å². The molecule has 2 N–H and O–H groups in total. The van der Waals surface area contributed by atoms with E-state index >= 15 is 0 Å². The molecule has 1 atom stereocenters. The zero-order chi connectivity index (χ0) is 12.3. The van der Waals surface area contributed by atoms with Crippen molar-refractivity contribution in [1.29, 1.82) is 0 Å². The Kier molecular flexibility index (Phi) is 3.78. The average molecular weight is 237 g/mol. The number of nitrogens with zero attached hydrogens (tertiary/aromatic N) is 2. The molecule has 5 nitrogen and oxygen atoms in total. The second kappa shape index (κ2) is 5.31. The van der Waals surface area contributed by atoms with Crippen molar-refractivity contribution in [3.8, 4) is 0 Å². The highest BCUT2D eigenvalue weighted by Crippen LogP contribution is 2.19. The summed E-state index contributed by atoms with van der Waals surface area (Å²) in [6.07, 6.45) is 7.69. The smallest absolute Gasteiger partial charge is 0.322 e. The molecule has 94 valence electrons. The first-order valence-corrected chi connectivity index (χ1v) is 6.19. The standard InChI is InChI=1S/C12H19N3O2/c1-2-3-11-13-6-7-15(11)8-10(12(16)17)14-9-4-5-9/h6-7,9-10,14H,2-5,8H2,1H3,(H,16,17). The Morgan fingerprint density at radius 2 is 2.47 bits per heavy atom. The third-order valence-electron chi connectivity index (χ3n) is 2.97. The number of aromatic nitrogens is 2. The van der Waals surface area contributed by atoms with E-state index in [0.29, 0.717) is 12.6 Å². The summed E-state index contributed by atoms with van der Waals surface area (Å²) in [6, 6.07) is -0.110. The Bertz CT molecular complexity index is 385. The first-order valence-electron chi connectivity index (χ1n) is 6.19. The van der Waals surface area contributed by atoms with E-state index in [-0.39, 0.29) is 0 Å². The summed E-state index contributed by atoms with van der Waals surface area (Å²) in [5.74, 6) is 0.185. The van der Waals surface area contributed by atoms with Gasteiger partial charge in [-0.2, -0.15) is 0 Å². The molecular formula is C12H19N3O2. The van der Waals surface area contributed by atoms with Gasteiger partial charge in [-0.3, -0.25) is 4.79 Å². The van der Waals surface area contributed by atoms with Crippen LogP contribution in [0.1, 0.15) is 32.0 Å². The van der Waals surface area contributed by atoms with Crippen molar-refractivity contribution in [1.82, 2.24) is 14.9 Å². The molecule has 1 saturated carbocycles. The van der Waals surface area contributed by atoms with Crippen LogP contribution in [0.4, 0.5) is 0 Å². The lowest BCUT2D eigenvalue weighted by atomic mass is 10.2. The molecule has 0 aromatic carbocycles. The fraction of sp³-hybridized carbons (Fsp3) is 0.667. The highest BCUT2D eigenvalue weighted by molar-refractivity contribution is 5.73. The quantitative estimate of drug-likeness (QED) is 0.743. The number of hydrogen-bond acceptors (Lipinski definition) is 3. The van der Waals surface area contributed by atoms with E-state index in [2.05, 4.69) is 17.2 Å². The Labute approximate surface area is 101 Å². The summed E-state index contributed by atoms with van der Waals surface area (Å²) in [6.45, 7) is 2.55. The summed E-state index contributed by atoms with van der Waals surface area (Å²) in [7, 11) is 0. The fourth-order valence-corrected chi connectivity index (χ4v) is 1.89. The lowest BCUT2D eigenvalue weighted by Crippen LogP contribution is -2.41. The number of nitrogens with one attached hydrogen (secondary N) is 1. The van der Waals surface area contributed by atoms with E-state index in [1.54, 1.807) is 6.20 Å². The minimum absolute atomic E-state index is 0.397. The largest absolute Gasteiger partial charge is 0.480 e. The van der Waals surface area contributed by atoms with Crippen LogP contribution in [0.5, 0.6) is 0 Å². The summed E-state index contributed by atoms with van der Waals surface area (Å²) in [4.78, 5) is 15.4. The third kappa shape index (κ3) is 3.30. The molecule has 0 bridgehead atoms. The summed E-state index contributed by atoms with van der Waals surface area (Å²) >= 11 is 0. The van der Waals surface area contributed by atoms with Crippen molar-refractivity contribution in [2.24, 2.45) is 0 Å². The highest BCUT2D eigenvalue weighted by atomic mass is 16.4. The average Bonchev–Trinajstić information content (AvgIpc) is 3.00. The van der Waals surface area contributed by atoms with Crippen molar-refractivity contribution in [2.45, 2.75) is 51.2 Å². The monoisotopic (exact) mass is 237 g/mol. The second-order valence-corrected chi connectivity index (χ2v) is 4.58. The normalized spacial score (nSPS) is 17.0. The lowest BCUT2D eigenvalue weighted by molar-refractivity contribution is -0.139. The fourth-order valence-electron chi connectivity index (χ4n) is 1.89. The van der Waals surface area contributed by atoms with Gasteiger partial charge in [0, 0.05) is 31.4 Å². The van der Waals surface area contributed by atoms with Gasteiger partial charge < -0.3 is 15.0 Å². The van der Waals surface area contributed by atoms with Crippen molar-refractivity contribution in [3.63, 3.8) is 0 Å². The number of aliphatic carboxylic acids is 1. The number of rotatable bonds is 7. The molecule has 17 heavy (non-hydrogen) atoms. The molecule has 5 heteroatoms. The second-order valence-electron chi connectivity index (χ2n) is 4.58. The molecule has 1 aromatic heterocycles. The maximum atomic E-state index is 11.2. The molecule has 0 amide bonds. The highest BCUT2D eigenvalue weighted by Gasteiger charge is 2.28. The van der Waals surface area contributed by atoms with E-state index in [1.165, 1.54) is 0 Å². The first-order chi connectivity index (χ1) is 8.20. The third-order valence-corrected chi connectivity index (χ3v) is 2.97. The topological polar surface area (TPSA) is 67.2 Å². The van der Waals surface area contributed by atoms with E-state index in [0.717, 1.165) is 31.5 Å². The molecule has 0 aliphatic heterocycles. The molecule has 0 radical (unpaired) electrons. The van der Waals surface area contributed by atoms with Crippen LogP contribution in [0.15, 0.2) is 12.4 Å². The summed E-state index contributed by atoms with van der Waals surface area (Å²) in [5.41, 5.74) is 0. The first kappa shape index (κ1) is 12.1. The van der Waals surface area contributed by atoms with Crippen LogP contribution in [0.25, 0.3) is 0 Å². The van der Waals surface area contributed by atoms with E-state index in [9.17, 15) is 9.90 Å². The SMILES string of the molecule is CCCc1nccn1CC(NC1CC1)C(=O)O. The Morgan fingerprint density at radius 3 is 3.06 bits per heavy atom. The van der Waals surface area contributed by atoms with Gasteiger partial charge in [0.2, 0.25) is 0 Å². The predicted octanol–water partition coefficient (Wildman–Crippen LogP) is 1.04. The molecular weight excluding hydrogens is 218 g/mol. The molecule has 0 saturated heterocycles. The van der Waals surface area contributed by atoms with Crippen molar-refractivity contribution < 1.29 is 9.90 Å². The Balaban J connectivity index is 1.99. The molecule has 1 aromatic rings. The minimum atomic E-state index is -0.784. The van der Waals surface area contributed by atoms with Crippen LogP contribution < -0.4 is 5.32 Å². The van der Waals surface area contributed by atoms with Gasteiger partial charge in [0.25, 0.3) is 0 Å². The maximum absolute atomic E-state index is 11.2. The van der Waals surface area contributed by atoms with Gasteiger partial charge in [-0.1, -0.05) is 6.92 Å². The summed E-state index contributed by atoms with van der Waals surface area (Å²) < 4.78 is 1.94. The molecule has 1 aliphatic rings. The maximum Gasteiger partial charge on any atom is 0.322 e. The molecule has 1 aliphatic carbocycles. The number of carboxylic acid groups (broad SMARTS) is 1. The molecule has 0 spiro atoms. The Morgan fingerprint density at radius 1 is 1.71 bits per heavy atom. The van der Waals surface area contributed by atoms with Gasteiger partial charge in [-0.05, 0) is 19.3 Å². The van der Waals surface area contributed by atoms with Crippen LogP contribution >= 0.6 is 0 Å². The zero-order valence-electron chi connectivity index (χ0n) is 10.1. The number of imidazole rings is 1. The van der Waals surface area contributed by atoms with Crippen LogP contribution in [-0.2, 0) is 17.8 Å². The van der Waals surface area contributed by atoms with Crippen molar-refractivity contribution in [2.75, 3.05) is 0 Å². The lowest BCUT2D eigenvalue weighted by Gasteiger charge is -2.16. The van der Waals surface area contributed by atoms with E-state index < -0.39 is 12.0 Å². The number of aryl methyl sites for hydroxylation is 1. The van der Waals surface area contributed by atoms with E-state index in [4.69, 9.17) is 0 Å². The molecule has 1 fully saturated rings. The van der Waals surface area contributed by atoms with Crippen LogP contribution in [0.2, 0.25) is 0 Å². The van der Waals surface area contributed by atoms with Gasteiger partial charge >= 0.3 is 5.97 Å². The molecule has 2 rings (SSSR count). The number of carboxylic acids is 1. The number of hydrogen-bond donors (Lipinski definition) is 2. The van der Waals surface area contributed by atoms with E-state index in [1.807, 2.05) is 10.8 Å². The van der Waals surface area contributed by atoms with Crippen molar-refractivity contribution >= 4 is 5.97 Å². The van der Waals surface area contributed by atoms with Gasteiger partial charge in [-0.25, -0.2) is 4.98 Å². The van der Waals surface area contributed by atoms with Crippen LogP contribution in [-0.4, -0.2) is 32.7 Å². The van der Waals surface area contributed by atoms with Gasteiger partial charge in [-0.15, -0.1) is 0 Å². The predicted molar refractivity (Wildman–Crippen MR) is 63.8 cm³/mol. The number of carbonyl (C=O) groups is 1. The van der Waals surface area contributed by atoms with Gasteiger partial charge in [0.05, 0.1) is 0 Å². The zero-order valence-corrected chi connectivity index (χ0v) is 10.1. The molecule has 1 unspecified atom stereocenters. The Hall–Kier alpha value is -1.36. The van der Waals surface area contributed by atoms with Crippen LogP contribution in [0, 0.1) is 0 Å². The van der Waals surface area contributed by atoms with Gasteiger partial charge in [0.1, 0.15) is 11.9 Å². The van der Waals surface area contributed by atoms with Crippen molar-refractivity contribution in [3.05, 3.63) is 18.2 Å². The molecule has 1 heterocycles. The minimum Gasteiger partial charge on any atom is -0.480 e. The summed E-state index contributed by atoms with van der Waals surface area (Å²) in [5, 5.41) is 12.3.